The van der Waals surface area contributed by atoms with Crippen LogP contribution in [-0.2, 0) is 64.5 Å². The first-order chi connectivity index (χ1) is 21.2. The molecule has 0 radical (unpaired) electrons. The van der Waals surface area contributed by atoms with E-state index in [1.54, 1.807) is 41.5 Å². The van der Waals surface area contributed by atoms with Crippen molar-refractivity contribution in [1.82, 2.24) is 0 Å². The molecule has 5 N–H and O–H groups in total. The first-order valence-electron chi connectivity index (χ1n) is 14.4. The van der Waals surface area contributed by atoms with Crippen molar-refractivity contribution >= 4 is 23.5 Å². The zero-order valence-electron chi connectivity index (χ0n) is 27.8. The zero-order chi connectivity index (χ0) is 35.8. The highest BCUT2D eigenvalue weighted by Crippen LogP contribution is 2.45. The van der Waals surface area contributed by atoms with Gasteiger partial charge in [-0.05, 0) is 55.4 Å². The Morgan fingerprint density at radius 1 is 0.468 bits per heavy atom. The molecule has 0 saturated carbocycles. The van der Waals surface area contributed by atoms with Gasteiger partial charge in [0.2, 0.25) is 0 Å². The van der Waals surface area contributed by atoms with Crippen LogP contribution in [0, 0.1) is 11.8 Å². The van der Waals surface area contributed by atoms with Gasteiger partial charge in [-0.25, -0.2) is 13.7 Å². The minimum atomic E-state index is -4.19. The topological polar surface area (TPSA) is 254 Å². The zero-order valence-corrected chi connectivity index (χ0v) is 30.5. The molecule has 4 atom stereocenters. The normalized spacial score (nSPS) is 17.0. The summed E-state index contributed by atoms with van der Waals surface area (Å²) in [7, 11) is -12.5. The average Bonchev–Trinajstić information content (AvgIpc) is 2.89. The molecule has 0 aliphatic carbocycles. The second kappa shape index (κ2) is 28.7. The Kier molecular flexibility index (Phi) is 31.4. The summed E-state index contributed by atoms with van der Waals surface area (Å²) in [6.45, 7) is 11.9. The van der Waals surface area contributed by atoms with Crippen molar-refractivity contribution < 1.29 is 89.4 Å². The molecule has 0 aromatic carbocycles. The first kappa shape index (κ1) is 51.4. The molecular formula is C25H59O19P3. The van der Waals surface area contributed by atoms with Crippen LogP contribution in [0.5, 0.6) is 0 Å². The van der Waals surface area contributed by atoms with Crippen LogP contribution in [0.3, 0.4) is 0 Å². The second-order valence-electron chi connectivity index (χ2n) is 10.5. The molecule has 0 bridgehead atoms. The van der Waals surface area contributed by atoms with Crippen LogP contribution < -0.4 is 0 Å². The lowest BCUT2D eigenvalue weighted by molar-refractivity contribution is -0.103. The van der Waals surface area contributed by atoms with Gasteiger partial charge in [-0.2, -0.15) is 0 Å². The van der Waals surface area contributed by atoms with Gasteiger partial charge in [0.1, 0.15) is 6.79 Å². The van der Waals surface area contributed by atoms with E-state index >= 15 is 0 Å². The van der Waals surface area contributed by atoms with Crippen LogP contribution in [0.2, 0.25) is 0 Å². The number of phosphoric ester groups is 3. The molecular weight excluding hydrogens is 697 g/mol. The van der Waals surface area contributed by atoms with Gasteiger partial charge in [0.15, 0.2) is 20.4 Å². The number of phosphoric acid groups is 3. The van der Waals surface area contributed by atoms with Gasteiger partial charge in [-0.3, -0.25) is 27.1 Å². The number of aliphatic hydroxyl groups is 2. The quantitative estimate of drug-likeness (QED) is 0.0432. The van der Waals surface area contributed by atoms with Crippen molar-refractivity contribution in [3.05, 3.63) is 0 Å². The highest BCUT2D eigenvalue weighted by molar-refractivity contribution is 7.47. The molecule has 0 rings (SSSR count). The highest BCUT2D eigenvalue weighted by atomic mass is 31.2. The average molecular weight is 757 g/mol. The van der Waals surface area contributed by atoms with E-state index in [0.29, 0.717) is 0 Å². The van der Waals surface area contributed by atoms with Crippen LogP contribution in [0.1, 0.15) is 62.8 Å². The summed E-state index contributed by atoms with van der Waals surface area (Å²) in [6, 6.07) is 0. The largest absolute Gasteiger partial charge is 0.474 e. The van der Waals surface area contributed by atoms with Gasteiger partial charge in [-0.15, -0.1) is 0 Å². The van der Waals surface area contributed by atoms with Crippen molar-refractivity contribution in [2.45, 2.75) is 87.2 Å². The Morgan fingerprint density at radius 3 is 0.936 bits per heavy atom. The lowest BCUT2D eigenvalue weighted by atomic mass is 10.2. The predicted molar refractivity (Wildman–Crippen MR) is 169 cm³/mol. The van der Waals surface area contributed by atoms with E-state index in [1.165, 1.54) is 0 Å². The third-order valence-corrected chi connectivity index (χ3v) is 7.70. The maximum atomic E-state index is 11.4. The van der Waals surface area contributed by atoms with E-state index in [2.05, 4.69) is 22.6 Å². The van der Waals surface area contributed by atoms with Crippen LogP contribution in [0.25, 0.3) is 0 Å². The van der Waals surface area contributed by atoms with E-state index in [-0.39, 0.29) is 65.9 Å². The molecule has 288 valence electrons. The molecule has 47 heavy (non-hydrogen) atoms. The molecule has 0 aliphatic heterocycles. The SMILES string of the molecule is C.CC(C)OCOCC(CO)COCOP(=O)(O)OC(C)C.CC(C)OP(=O)(O)OCOCC(CO)COCOP(=O)(O)OC(C)C. The van der Waals surface area contributed by atoms with Gasteiger partial charge >= 0.3 is 23.5 Å². The summed E-state index contributed by atoms with van der Waals surface area (Å²) in [6.07, 6.45) is -1.34. The molecule has 0 aliphatic rings. The first-order valence-corrected chi connectivity index (χ1v) is 18.8. The van der Waals surface area contributed by atoms with E-state index < -0.39 is 68.1 Å². The Hall–Kier alpha value is 0.0500. The molecule has 0 saturated heterocycles. The van der Waals surface area contributed by atoms with Gasteiger partial charge in [0.25, 0.3) is 0 Å². The molecule has 0 aromatic rings. The molecule has 22 heteroatoms. The van der Waals surface area contributed by atoms with Gasteiger partial charge in [0, 0.05) is 11.8 Å². The van der Waals surface area contributed by atoms with E-state index in [1.807, 2.05) is 13.8 Å². The van der Waals surface area contributed by atoms with Gasteiger partial charge in [-0.1, -0.05) is 7.43 Å². The standard InChI is InChI=1S/C12H28O11P2.C12H27O8P.CH4/c1-10(2)22-24(14,15)20-8-18-6-12(5-13)7-19-9-21-25(16,17)23-11(3)4;1-10(2)18-8-16-6-12(5-13)7-17-9-19-21(14,15)20-11(3)4;/h10-13H,5-9H2,1-4H3,(H,14,15)(H,16,17);10-13H,5-9H2,1-4H3,(H,14,15);1H4. The fourth-order valence-corrected chi connectivity index (χ4v) is 4.96. The number of ether oxygens (including phenoxy) is 5. The lowest BCUT2D eigenvalue weighted by Gasteiger charge is -2.18. The van der Waals surface area contributed by atoms with Crippen LogP contribution in [0.4, 0.5) is 0 Å². The number of rotatable bonds is 28. The Balaban J connectivity index is -0.000000818. The summed E-state index contributed by atoms with van der Waals surface area (Å²) in [5.41, 5.74) is 0. The summed E-state index contributed by atoms with van der Waals surface area (Å²) in [5.74, 6) is -0.770. The molecule has 0 spiro atoms. The number of hydrogen-bond donors (Lipinski definition) is 5. The van der Waals surface area contributed by atoms with Crippen molar-refractivity contribution in [2.24, 2.45) is 11.8 Å². The molecule has 0 aromatic heterocycles. The van der Waals surface area contributed by atoms with Crippen LogP contribution >= 0.6 is 23.5 Å². The third kappa shape index (κ3) is 35.7. The van der Waals surface area contributed by atoms with Crippen molar-refractivity contribution in [3.63, 3.8) is 0 Å². The minimum Gasteiger partial charge on any atom is -0.396 e. The highest BCUT2D eigenvalue weighted by Gasteiger charge is 2.25. The van der Waals surface area contributed by atoms with E-state index in [4.69, 9.17) is 33.3 Å². The maximum absolute atomic E-state index is 11.4. The molecule has 0 heterocycles. The fourth-order valence-electron chi connectivity index (χ4n) is 2.55. The Labute approximate surface area is 278 Å². The summed E-state index contributed by atoms with van der Waals surface area (Å²) in [4.78, 5) is 27.9. The smallest absolute Gasteiger partial charge is 0.396 e. The lowest BCUT2D eigenvalue weighted by Crippen LogP contribution is -2.22. The van der Waals surface area contributed by atoms with Crippen molar-refractivity contribution in [3.8, 4) is 0 Å². The van der Waals surface area contributed by atoms with E-state index in [0.717, 1.165) is 0 Å². The fraction of sp³-hybridized carbons (Fsp3) is 1.00. The summed E-state index contributed by atoms with van der Waals surface area (Å²) >= 11 is 0. The summed E-state index contributed by atoms with van der Waals surface area (Å²) < 4.78 is 87.4. The third-order valence-electron chi connectivity index (χ3n) is 4.34. The number of hydrogen-bond acceptors (Lipinski definition) is 16. The van der Waals surface area contributed by atoms with Crippen LogP contribution in [-0.4, -0.2) is 116 Å². The molecule has 0 fully saturated rings. The Bertz CT molecular complexity index is 838. The van der Waals surface area contributed by atoms with Crippen molar-refractivity contribution in [2.75, 3.05) is 66.8 Å². The predicted octanol–water partition coefficient (Wildman–Crippen LogP) is 3.77. The molecule has 0 amide bonds. The minimum absolute atomic E-state index is 0. The molecule has 4 unspecified atom stereocenters. The Morgan fingerprint density at radius 2 is 0.723 bits per heavy atom. The summed E-state index contributed by atoms with van der Waals surface area (Å²) in [5, 5.41) is 18.3. The van der Waals surface area contributed by atoms with Crippen molar-refractivity contribution in [1.29, 1.82) is 0 Å². The monoisotopic (exact) mass is 756 g/mol. The van der Waals surface area contributed by atoms with Gasteiger partial charge < -0.3 is 48.6 Å². The van der Waals surface area contributed by atoms with Gasteiger partial charge in [0.05, 0.1) is 64.1 Å². The second-order valence-corrected chi connectivity index (χ2v) is 14.7. The van der Waals surface area contributed by atoms with Crippen LogP contribution in [0.15, 0.2) is 0 Å². The maximum Gasteiger partial charge on any atom is 0.474 e. The van der Waals surface area contributed by atoms with E-state index in [9.17, 15) is 33.5 Å². The number of aliphatic hydroxyl groups excluding tert-OH is 2. The molecule has 19 nitrogen and oxygen atoms in total.